The Bertz CT molecular complexity index is 936. The SMILES string of the molecule is Cc1cccc(-c2cccc(C3CCCN(C(=O)c4ccccc4)C3)n2)c1. The molecule has 0 saturated carbocycles. The molecule has 0 N–H and O–H groups in total. The first-order valence-electron chi connectivity index (χ1n) is 9.59. The zero-order valence-electron chi connectivity index (χ0n) is 15.6. The van der Waals surface area contributed by atoms with Gasteiger partial charge in [0.1, 0.15) is 0 Å². The van der Waals surface area contributed by atoms with Gasteiger partial charge in [-0.3, -0.25) is 9.78 Å². The van der Waals surface area contributed by atoms with Gasteiger partial charge in [-0.1, -0.05) is 48.0 Å². The summed E-state index contributed by atoms with van der Waals surface area (Å²) in [5.74, 6) is 0.409. The van der Waals surface area contributed by atoms with Crippen LogP contribution in [0.5, 0.6) is 0 Å². The molecular formula is C24H24N2O. The van der Waals surface area contributed by atoms with Gasteiger partial charge in [-0.25, -0.2) is 0 Å². The molecule has 27 heavy (non-hydrogen) atoms. The molecule has 3 heteroatoms. The molecule has 1 atom stereocenters. The van der Waals surface area contributed by atoms with Gasteiger partial charge in [-0.2, -0.15) is 0 Å². The van der Waals surface area contributed by atoms with Crippen molar-refractivity contribution in [1.29, 1.82) is 0 Å². The molecule has 1 aliphatic heterocycles. The van der Waals surface area contributed by atoms with Crippen LogP contribution in [-0.2, 0) is 0 Å². The molecule has 0 spiro atoms. The lowest BCUT2D eigenvalue weighted by atomic mass is 9.93. The highest BCUT2D eigenvalue weighted by Gasteiger charge is 2.26. The Balaban J connectivity index is 1.55. The Hall–Kier alpha value is -2.94. The Kier molecular flexibility index (Phi) is 5.01. The zero-order valence-corrected chi connectivity index (χ0v) is 15.6. The Labute approximate surface area is 160 Å². The van der Waals surface area contributed by atoms with Crippen molar-refractivity contribution in [2.45, 2.75) is 25.7 Å². The van der Waals surface area contributed by atoms with Crippen molar-refractivity contribution < 1.29 is 4.79 Å². The van der Waals surface area contributed by atoms with E-state index in [1.807, 2.05) is 35.2 Å². The molecule has 2 heterocycles. The average molecular weight is 356 g/mol. The van der Waals surface area contributed by atoms with Gasteiger partial charge in [0, 0.05) is 35.8 Å². The standard InChI is InChI=1S/C24H24N2O/c1-18-8-5-11-20(16-18)22-13-6-14-23(25-22)21-12-7-15-26(17-21)24(27)19-9-3-2-4-10-19/h2-6,8-11,13-14,16,21H,7,12,15,17H2,1H3. The van der Waals surface area contributed by atoms with E-state index in [0.29, 0.717) is 0 Å². The molecule has 2 aromatic carbocycles. The van der Waals surface area contributed by atoms with Crippen LogP contribution < -0.4 is 0 Å². The van der Waals surface area contributed by atoms with Crippen LogP contribution in [0.2, 0.25) is 0 Å². The lowest BCUT2D eigenvalue weighted by Gasteiger charge is -2.32. The number of aryl methyl sites for hydroxylation is 1. The summed E-state index contributed by atoms with van der Waals surface area (Å²) >= 11 is 0. The number of aromatic nitrogens is 1. The number of rotatable bonds is 3. The van der Waals surface area contributed by atoms with Crippen molar-refractivity contribution in [2.24, 2.45) is 0 Å². The highest BCUT2D eigenvalue weighted by molar-refractivity contribution is 5.94. The first-order chi connectivity index (χ1) is 13.2. The van der Waals surface area contributed by atoms with Gasteiger partial charge in [0.2, 0.25) is 0 Å². The summed E-state index contributed by atoms with van der Waals surface area (Å²) in [6.07, 6.45) is 2.09. The molecule has 0 radical (unpaired) electrons. The van der Waals surface area contributed by atoms with Gasteiger partial charge >= 0.3 is 0 Å². The zero-order chi connectivity index (χ0) is 18.6. The van der Waals surface area contributed by atoms with E-state index in [2.05, 4.69) is 49.4 Å². The fraction of sp³-hybridized carbons (Fsp3) is 0.250. The summed E-state index contributed by atoms with van der Waals surface area (Å²) in [6.45, 7) is 3.65. The minimum Gasteiger partial charge on any atom is -0.338 e. The molecule has 1 saturated heterocycles. The third kappa shape index (κ3) is 3.92. The van der Waals surface area contributed by atoms with Crippen molar-refractivity contribution in [1.82, 2.24) is 9.88 Å². The predicted molar refractivity (Wildman–Crippen MR) is 109 cm³/mol. The summed E-state index contributed by atoms with van der Waals surface area (Å²) in [5.41, 5.74) is 5.23. The molecule has 1 unspecified atom stereocenters. The molecule has 4 rings (SSSR count). The number of carbonyl (C=O) groups is 1. The van der Waals surface area contributed by atoms with E-state index in [-0.39, 0.29) is 11.8 Å². The van der Waals surface area contributed by atoms with Gasteiger partial charge in [0.05, 0.1) is 5.69 Å². The van der Waals surface area contributed by atoms with Crippen molar-refractivity contribution in [2.75, 3.05) is 13.1 Å². The number of pyridine rings is 1. The topological polar surface area (TPSA) is 33.2 Å². The fourth-order valence-corrected chi connectivity index (χ4v) is 3.81. The third-order valence-electron chi connectivity index (χ3n) is 5.23. The minimum atomic E-state index is 0.120. The van der Waals surface area contributed by atoms with Gasteiger partial charge in [0.15, 0.2) is 0 Å². The van der Waals surface area contributed by atoms with Crippen molar-refractivity contribution >= 4 is 5.91 Å². The van der Waals surface area contributed by atoms with Crippen LogP contribution in [0.3, 0.4) is 0 Å². The third-order valence-corrected chi connectivity index (χ3v) is 5.23. The Morgan fingerprint density at radius 2 is 1.81 bits per heavy atom. The maximum Gasteiger partial charge on any atom is 0.253 e. The van der Waals surface area contributed by atoms with E-state index in [4.69, 9.17) is 4.98 Å². The highest BCUT2D eigenvalue weighted by Crippen LogP contribution is 2.28. The lowest BCUT2D eigenvalue weighted by Crippen LogP contribution is -2.39. The average Bonchev–Trinajstić information content (AvgIpc) is 2.74. The van der Waals surface area contributed by atoms with Crippen LogP contribution in [0.1, 0.15) is 40.4 Å². The van der Waals surface area contributed by atoms with E-state index in [0.717, 1.165) is 48.4 Å². The molecule has 1 fully saturated rings. The number of nitrogens with zero attached hydrogens (tertiary/aromatic N) is 2. The number of hydrogen-bond acceptors (Lipinski definition) is 2. The van der Waals surface area contributed by atoms with Crippen LogP contribution in [-0.4, -0.2) is 28.9 Å². The summed E-state index contributed by atoms with van der Waals surface area (Å²) in [7, 11) is 0. The number of likely N-dealkylation sites (tertiary alicyclic amines) is 1. The molecule has 136 valence electrons. The summed E-state index contributed by atoms with van der Waals surface area (Å²) < 4.78 is 0. The largest absolute Gasteiger partial charge is 0.338 e. The Morgan fingerprint density at radius 3 is 2.63 bits per heavy atom. The second kappa shape index (κ2) is 7.75. The number of piperidine rings is 1. The van der Waals surface area contributed by atoms with Gasteiger partial charge in [-0.15, -0.1) is 0 Å². The van der Waals surface area contributed by atoms with E-state index in [1.54, 1.807) is 0 Å². The van der Waals surface area contributed by atoms with E-state index in [9.17, 15) is 4.79 Å². The normalized spacial score (nSPS) is 16.9. The number of benzene rings is 2. The van der Waals surface area contributed by atoms with Gasteiger partial charge in [0.25, 0.3) is 5.91 Å². The first kappa shape index (κ1) is 17.5. The fourth-order valence-electron chi connectivity index (χ4n) is 3.81. The number of amides is 1. The molecule has 1 amide bonds. The van der Waals surface area contributed by atoms with Crippen LogP contribution in [0.25, 0.3) is 11.3 Å². The minimum absolute atomic E-state index is 0.120. The molecular weight excluding hydrogens is 332 g/mol. The van der Waals surface area contributed by atoms with E-state index >= 15 is 0 Å². The second-order valence-corrected chi connectivity index (χ2v) is 7.27. The summed E-state index contributed by atoms with van der Waals surface area (Å²) in [5, 5.41) is 0. The highest BCUT2D eigenvalue weighted by atomic mass is 16.2. The second-order valence-electron chi connectivity index (χ2n) is 7.27. The lowest BCUT2D eigenvalue weighted by molar-refractivity contribution is 0.0706. The molecule has 3 nitrogen and oxygen atoms in total. The quantitative estimate of drug-likeness (QED) is 0.656. The van der Waals surface area contributed by atoms with Crippen LogP contribution in [0, 0.1) is 6.92 Å². The molecule has 1 aromatic heterocycles. The maximum absolute atomic E-state index is 12.8. The molecule has 1 aliphatic rings. The Morgan fingerprint density at radius 1 is 1.00 bits per heavy atom. The molecule has 0 aliphatic carbocycles. The summed E-state index contributed by atoms with van der Waals surface area (Å²) in [6, 6.07) is 24.2. The van der Waals surface area contributed by atoms with E-state index < -0.39 is 0 Å². The maximum atomic E-state index is 12.8. The van der Waals surface area contributed by atoms with E-state index in [1.165, 1.54) is 5.56 Å². The smallest absolute Gasteiger partial charge is 0.253 e. The monoisotopic (exact) mass is 356 g/mol. The number of hydrogen-bond donors (Lipinski definition) is 0. The number of carbonyl (C=O) groups excluding carboxylic acids is 1. The van der Waals surface area contributed by atoms with Gasteiger partial charge in [-0.05, 0) is 50.1 Å². The van der Waals surface area contributed by atoms with Crippen LogP contribution in [0.4, 0.5) is 0 Å². The van der Waals surface area contributed by atoms with Crippen molar-refractivity contribution in [3.05, 3.63) is 89.6 Å². The first-order valence-corrected chi connectivity index (χ1v) is 9.59. The van der Waals surface area contributed by atoms with Crippen molar-refractivity contribution in [3.63, 3.8) is 0 Å². The predicted octanol–water partition coefficient (Wildman–Crippen LogP) is 5.08. The molecule has 3 aromatic rings. The molecule has 0 bridgehead atoms. The van der Waals surface area contributed by atoms with Gasteiger partial charge < -0.3 is 4.90 Å². The summed E-state index contributed by atoms with van der Waals surface area (Å²) in [4.78, 5) is 19.7. The van der Waals surface area contributed by atoms with Crippen molar-refractivity contribution in [3.8, 4) is 11.3 Å². The van der Waals surface area contributed by atoms with Crippen LogP contribution in [0.15, 0.2) is 72.8 Å². The van der Waals surface area contributed by atoms with Crippen LogP contribution >= 0.6 is 0 Å².